The van der Waals surface area contributed by atoms with Crippen molar-refractivity contribution in [1.29, 1.82) is 0 Å². The third-order valence-corrected chi connectivity index (χ3v) is 12.6. The molecule has 6 aromatic rings. The van der Waals surface area contributed by atoms with Crippen molar-refractivity contribution < 1.29 is 18.9 Å². The average Bonchev–Trinajstić information content (AvgIpc) is 3.66. The summed E-state index contributed by atoms with van der Waals surface area (Å²) >= 11 is 0. The van der Waals surface area contributed by atoms with E-state index in [1.54, 1.807) is 0 Å². The molecule has 4 nitrogen and oxygen atoms in total. The van der Waals surface area contributed by atoms with Crippen LogP contribution >= 0.6 is 0 Å². The summed E-state index contributed by atoms with van der Waals surface area (Å²) in [6.07, 6.45) is 4.07. The molecule has 0 atom stereocenters. The van der Waals surface area contributed by atoms with Gasteiger partial charge in [0.25, 0.3) is 0 Å². The summed E-state index contributed by atoms with van der Waals surface area (Å²) in [6, 6.07) is 43.6. The second kappa shape index (κ2) is 13.7. The Balaban J connectivity index is 1.08. The first-order valence-electron chi connectivity index (χ1n) is 19.7. The summed E-state index contributed by atoms with van der Waals surface area (Å²) in [5, 5.41) is 0. The Morgan fingerprint density at radius 1 is 0.352 bits per heavy atom. The van der Waals surface area contributed by atoms with E-state index in [1.165, 1.54) is 66.8 Å². The summed E-state index contributed by atoms with van der Waals surface area (Å²) in [4.78, 5) is 0. The van der Waals surface area contributed by atoms with E-state index in [0.717, 1.165) is 48.7 Å². The maximum Gasteiger partial charge on any atom is 0.123 e. The Bertz CT molecular complexity index is 2050. The number of hydrogen-bond donors (Lipinski definition) is 0. The van der Waals surface area contributed by atoms with Gasteiger partial charge in [-0.3, -0.25) is 0 Å². The third-order valence-electron chi connectivity index (χ3n) is 12.6. The Morgan fingerprint density at radius 3 is 0.852 bits per heavy atom. The van der Waals surface area contributed by atoms with Crippen molar-refractivity contribution in [3.63, 3.8) is 0 Å². The highest BCUT2D eigenvalue weighted by molar-refractivity contribution is 5.83. The smallest absolute Gasteiger partial charge is 0.123 e. The number of ether oxygens (including phenoxy) is 4. The molecule has 272 valence electrons. The molecule has 0 spiro atoms. The molecule has 0 N–H and O–H groups in total. The number of fused-ring (bicyclic) bond motifs is 10. The fourth-order valence-corrected chi connectivity index (χ4v) is 9.54. The van der Waals surface area contributed by atoms with Gasteiger partial charge >= 0.3 is 0 Å². The fourth-order valence-electron chi connectivity index (χ4n) is 9.54. The fraction of sp³-hybridized carbons (Fsp3) is 0.280. The van der Waals surface area contributed by atoms with Gasteiger partial charge in [-0.15, -0.1) is 0 Å². The van der Waals surface area contributed by atoms with E-state index in [9.17, 15) is 0 Å². The molecule has 1 aliphatic heterocycles. The highest BCUT2D eigenvalue weighted by Gasteiger charge is 2.42. The molecule has 3 aliphatic rings. The van der Waals surface area contributed by atoms with Crippen molar-refractivity contribution in [3.05, 3.63) is 166 Å². The Labute approximate surface area is 319 Å². The van der Waals surface area contributed by atoms with Crippen molar-refractivity contribution >= 4 is 0 Å². The molecule has 54 heavy (non-hydrogen) atoms. The van der Waals surface area contributed by atoms with Gasteiger partial charge in [-0.05, 0) is 117 Å². The molecule has 0 saturated carbocycles. The first-order valence-corrected chi connectivity index (χ1v) is 19.7. The zero-order valence-corrected chi connectivity index (χ0v) is 31.8. The molecular weight excluding hydrogens is 665 g/mol. The summed E-state index contributed by atoms with van der Waals surface area (Å²) in [5.41, 5.74) is 15.4. The molecule has 12 bridgehead atoms. The van der Waals surface area contributed by atoms with Crippen LogP contribution in [0.1, 0.15) is 97.9 Å². The van der Waals surface area contributed by atoms with Gasteiger partial charge in [0, 0.05) is 23.0 Å². The number of rotatable bonds is 4. The second-order valence-corrected chi connectivity index (χ2v) is 15.2. The van der Waals surface area contributed by atoms with E-state index in [-0.39, 0.29) is 10.8 Å². The second-order valence-electron chi connectivity index (χ2n) is 15.2. The third kappa shape index (κ3) is 5.66. The van der Waals surface area contributed by atoms with Crippen LogP contribution in [0.2, 0.25) is 0 Å². The molecule has 2 aliphatic carbocycles. The van der Waals surface area contributed by atoms with Gasteiger partial charge < -0.3 is 18.9 Å². The quantitative estimate of drug-likeness (QED) is 0.182. The summed E-state index contributed by atoms with van der Waals surface area (Å²) < 4.78 is 25.7. The largest absolute Gasteiger partial charge is 0.489 e. The lowest BCUT2D eigenvalue weighted by atomic mass is 9.73. The van der Waals surface area contributed by atoms with Crippen LogP contribution in [0.25, 0.3) is 22.3 Å². The van der Waals surface area contributed by atoms with E-state index in [1.807, 2.05) is 48.5 Å². The maximum absolute atomic E-state index is 6.42. The van der Waals surface area contributed by atoms with Gasteiger partial charge in [-0.2, -0.15) is 0 Å². The summed E-state index contributed by atoms with van der Waals surface area (Å²) in [5.74, 6) is 3.21. The van der Waals surface area contributed by atoms with Gasteiger partial charge in [0.05, 0.1) is 0 Å². The van der Waals surface area contributed by atoms with Gasteiger partial charge in [-0.1, -0.05) is 113 Å². The summed E-state index contributed by atoms with van der Waals surface area (Å²) in [7, 11) is 0. The highest BCUT2D eigenvalue weighted by Crippen LogP contribution is 2.54. The van der Waals surface area contributed by atoms with Crippen molar-refractivity contribution in [3.8, 4) is 45.3 Å². The molecular formula is C50H48O4. The topological polar surface area (TPSA) is 36.9 Å². The molecule has 6 aromatic carbocycles. The van der Waals surface area contributed by atoms with E-state index in [4.69, 9.17) is 18.9 Å². The predicted molar refractivity (Wildman–Crippen MR) is 217 cm³/mol. The maximum atomic E-state index is 6.42. The molecule has 0 radical (unpaired) electrons. The van der Waals surface area contributed by atoms with Gasteiger partial charge in [-0.25, -0.2) is 0 Å². The Morgan fingerprint density at radius 2 is 0.611 bits per heavy atom. The number of benzene rings is 6. The van der Waals surface area contributed by atoms with Gasteiger partial charge in [0.1, 0.15) is 49.4 Å². The lowest BCUT2D eigenvalue weighted by Gasteiger charge is -2.30. The number of hydrogen-bond acceptors (Lipinski definition) is 4. The van der Waals surface area contributed by atoms with Crippen LogP contribution in [0.15, 0.2) is 121 Å². The van der Waals surface area contributed by atoms with Crippen molar-refractivity contribution in [2.24, 2.45) is 0 Å². The first kappa shape index (κ1) is 34.3. The lowest BCUT2D eigenvalue weighted by molar-refractivity contribution is 0.289. The minimum absolute atomic E-state index is 0.0632. The Hall–Kier alpha value is -5.48. The highest BCUT2D eigenvalue weighted by atomic mass is 16.5. The minimum atomic E-state index is -0.0632. The monoisotopic (exact) mass is 712 g/mol. The van der Waals surface area contributed by atoms with E-state index in [0.29, 0.717) is 26.4 Å². The molecule has 1 heterocycles. The van der Waals surface area contributed by atoms with Crippen LogP contribution in [0.3, 0.4) is 0 Å². The standard InChI is InChI=1S/C50H48O4/c1-5-49(6-2)45-23-33-15-19-41(45)42-20-16-34(24-46(42)49)30-52-38-12-10-14-40(28-38)54-32-36-18-22-44-43-21-17-35(25-47(43)50(7-3,8-4)48(44)26-36)31-53-39-13-9-11-37(27-39)51-29-33/h9-28H,5-8,29-32H2,1-4H3. The first-order chi connectivity index (χ1) is 26.5. The molecule has 0 amide bonds. The van der Waals surface area contributed by atoms with Crippen LogP contribution in [0.5, 0.6) is 23.0 Å². The molecule has 0 unspecified atom stereocenters. The van der Waals surface area contributed by atoms with Crippen LogP contribution in [0.4, 0.5) is 0 Å². The van der Waals surface area contributed by atoms with Crippen LogP contribution in [-0.4, -0.2) is 0 Å². The predicted octanol–water partition coefficient (Wildman–Crippen LogP) is 12.5. The van der Waals surface area contributed by atoms with Gasteiger partial charge in [0.15, 0.2) is 0 Å². The summed E-state index contributed by atoms with van der Waals surface area (Å²) in [6.45, 7) is 11.2. The van der Waals surface area contributed by atoms with Crippen LogP contribution in [-0.2, 0) is 37.3 Å². The van der Waals surface area contributed by atoms with E-state index >= 15 is 0 Å². The van der Waals surface area contributed by atoms with Crippen LogP contribution in [0, 0.1) is 0 Å². The van der Waals surface area contributed by atoms with E-state index < -0.39 is 0 Å². The molecule has 0 aromatic heterocycles. The van der Waals surface area contributed by atoms with E-state index in [2.05, 4.69) is 100 Å². The minimum Gasteiger partial charge on any atom is -0.489 e. The van der Waals surface area contributed by atoms with Crippen molar-refractivity contribution in [2.45, 2.75) is 90.6 Å². The molecule has 0 saturated heterocycles. The molecule has 4 heteroatoms. The Kier molecular flexibility index (Phi) is 8.73. The van der Waals surface area contributed by atoms with Gasteiger partial charge in [0.2, 0.25) is 0 Å². The SMILES string of the molecule is CCC1(CC)c2cc3ccc2-c2ccc(cc21)COc1cccc(c1)OCc1ccc2c(c1)C(CC)(CC)c1cc(ccc1-2)COc1cccc(c1)OC3. The lowest BCUT2D eigenvalue weighted by Crippen LogP contribution is -2.23. The van der Waals surface area contributed by atoms with Crippen molar-refractivity contribution in [1.82, 2.24) is 0 Å². The zero-order valence-electron chi connectivity index (χ0n) is 31.8. The van der Waals surface area contributed by atoms with Crippen molar-refractivity contribution in [2.75, 3.05) is 0 Å². The van der Waals surface area contributed by atoms with Crippen LogP contribution < -0.4 is 18.9 Å². The average molecular weight is 713 g/mol. The molecule has 9 rings (SSSR count). The normalized spacial score (nSPS) is 15.9. The molecule has 0 fully saturated rings. The zero-order chi connectivity index (χ0) is 36.9.